The highest BCUT2D eigenvalue weighted by Gasteiger charge is 2.06. The lowest BCUT2D eigenvalue weighted by Gasteiger charge is -2.07. The number of hydrogen-bond donors (Lipinski definition) is 0. The van der Waals surface area contributed by atoms with Crippen molar-refractivity contribution in [3.8, 4) is 0 Å². The molecule has 0 bridgehead atoms. The third kappa shape index (κ3) is 2.05. The Hall–Kier alpha value is -1.29. The summed E-state index contributed by atoms with van der Waals surface area (Å²) in [4.78, 5) is 0. The van der Waals surface area contributed by atoms with E-state index in [-0.39, 0.29) is 0 Å². The number of fused-ring (bicyclic) bond motifs is 1. The average molecular weight is 347 g/mol. The lowest BCUT2D eigenvalue weighted by Crippen LogP contribution is -1.99. The fraction of sp³-hybridized carbons (Fsp3) is 0.125. The van der Waals surface area contributed by atoms with Gasteiger partial charge in [-0.3, -0.25) is 0 Å². The van der Waals surface area contributed by atoms with E-state index in [1.807, 2.05) is 0 Å². The Bertz CT molecular complexity index is 697. The molecule has 2 heteroatoms. The molecule has 0 amide bonds. The Balaban J connectivity index is 2.08. The second-order valence-corrected chi connectivity index (χ2v) is 5.71. The topological polar surface area (TPSA) is 4.93 Å². The first-order valence-corrected chi connectivity index (χ1v) is 7.11. The number of hydrogen-bond acceptors (Lipinski definition) is 0. The van der Waals surface area contributed by atoms with Crippen molar-refractivity contribution in [3.63, 3.8) is 0 Å². The van der Waals surface area contributed by atoms with Crippen molar-refractivity contribution >= 4 is 33.5 Å². The van der Waals surface area contributed by atoms with E-state index in [1.54, 1.807) is 0 Å². The molecule has 0 aliphatic carbocycles. The number of benzene rings is 2. The Morgan fingerprint density at radius 2 is 1.72 bits per heavy atom. The molecule has 0 fully saturated rings. The molecule has 0 atom stereocenters. The zero-order valence-corrected chi connectivity index (χ0v) is 12.4. The molecular formula is C16H14IN. The van der Waals surface area contributed by atoms with E-state index in [0.29, 0.717) is 0 Å². The highest BCUT2D eigenvalue weighted by Crippen LogP contribution is 2.22. The summed E-state index contributed by atoms with van der Waals surface area (Å²) in [5.74, 6) is 0. The van der Waals surface area contributed by atoms with Crippen molar-refractivity contribution in [2.24, 2.45) is 0 Å². The van der Waals surface area contributed by atoms with Gasteiger partial charge < -0.3 is 4.57 Å². The molecule has 0 N–H and O–H groups in total. The number of aryl methyl sites for hydroxylation is 1. The van der Waals surface area contributed by atoms with Crippen molar-refractivity contribution < 1.29 is 0 Å². The van der Waals surface area contributed by atoms with Crippen LogP contribution in [-0.2, 0) is 6.54 Å². The molecule has 0 saturated carbocycles. The predicted octanol–water partition coefficient (Wildman–Crippen LogP) is 4.60. The van der Waals surface area contributed by atoms with Crippen molar-refractivity contribution in [1.29, 1.82) is 0 Å². The summed E-state index contributed by atoms with van der Waals surface area (Å²) in [5.41, 5.74) is 4.03. The molecule has 2 aromatic carbocycles. The van der Waals surface area contributed by atoms with E-state index in [4.69, 9.17) is 0 Å². The maximum atomic E-state index is 2.40. The van der Waals surface area contributed by atoms with Crippen LogP contribution in [0.25, 0.3) is 10.9 Å². The fourth-order valence-electron chi connectivity index (χ4n) is 2.37. The first kappa shape index (κ1) is 11.8. The summed E-state index contributed by atoms with van der Waals surface area (Å²) >= 11 is 2.40. The molecule has 3 rings (SSSR count). The molecule has 0 spiro atoms. The fourth-order valence-corrected chi connectivity index (χ4v) is 2.93. The number of nitrogens with zero attached hydrogens (tertiary/aromatic N) is 1. The van der Waals surface area contributed by atoms with Crippen molar-refractivity contribution in [1.82, 2.24) is 4.57 Å². The molecular weight excluding hydrogens is 333 g/mol. The van der Waals surface area contributed by atoms with Crippen molar-refractivity contribution in [2.45, 2.75) is 13.5 Å². The van der Waals surface area contributed by atoms with Crippen molar-refractivity contribution in [3.05, 3.63) is 69.4 Å². The number of para-hydroxylation sites is 1. The second kappa shape index (κ2) is 4.76. The molecule has 0 radical (unpaired) electrons. The summed E-state index contributed by atoms with van der Waals surface area (Å²) in [7, 11) is 0. The van der Waals surface area contributed by atoms with Gasteiger partial charge in [-0.2, -0.15) is 0 Å². The van der Waals surface area contributed by atoms with Crippen LogP contribution in [-0.4, -0.2) is 4.57 Å². The van der Waals surface area contributed by atoms with E-state index in [9.17, 15) is 0 Å². The van der Waals surface area contributed by atoms with E-state index >= 15 is 0 Å². The van der Waals surface area contributed by atoms with Gasteiger partial charge in [-0.1, -0.05) is 36.4 Å². The van der Waals surface area contributed by atoms with E-state index in [0.717, 1.165) is 6.54 Å². The SMILES string of the molecule is Cc1cn(Cc2ccccc2I)c2ccccc12. The smallest absolute Gasteiger partial charge is 0.0486 e. The molecule has 1 nitrogen and oxygen atoms in total. The van der Waals surface area contributed by atoms with Crippen LogP contribution in [0.15, 0.2) is 54.7 Å². The van der Waals surface area contributed by atoms with Gasteiger partial charge in [0.05, 0.1) is 0 Å². The van der Waals surface area contributed by atoms with Gasteiger partial charge in [0.25, 0.3) is 0 Å². The number of aromatic nitrogens is 1. The second-order valence-electron chi connectivity index (χ2n) is 4.55. The molecule has 90 valence electrons. The van der Waals surface area contributed by atoms with Crippen LogP contribution in [0.4, 0.5) is 0 Å². The number of halogens is 1. The molecule has 1 heterocycles. The minimum absolute atomic E-state index is 0.938. The molecule has 0 aliphatic heterocycles. The van der Waals surface area contributed by atoms with Crippen LogP contribution in [0.2, 0.25) is 0 Å². The van der Waals surface area contributed by atoms with Gasteiger partial charge in [0.2, 0.25) is 0 Å². The number of rotatable bonds is 2. The molecule has 18 heavy (non-hydrogen) atoms. The zero-order chi connectivity index (χ0) is 12.5. The van der Waals surface area contributed by atoms with E-state index in [2.05, 4.69) is 88.8 Å². The van der Waals surface area contributed by atoms with Crippen LogP contribution in [0.3, 0.4) is 0 Å². The third-order valence-electron chi connectivity index (χ3n) is 3.29. The van der Waals surface area contributed by atoms with Crippen molar-refractivity contribution in [2.75, 3.05) is 0 Å². The monoisotopic (exact) mass is 347 g/mol. The van der Waals surface area contributed by atoms with E-state index in [1.165, 1.54) is 25.6 Å². The summed E-state index contributed by atoms with van der Waals surface area (Å²) in [6.45, 7) is 3.11. The van der Waals surface area contributed by atoms with Gasteiger partial charge in [0, 0.05) is 27.2 Å². The maximum absolute atomic E-state index is 2.40. The van der Waals surface area contributed by atoms with Gasteiger partial charge >= 0.3 is 0 Å². The molecule has 0 unspecified atom stereocenters. The van der Waals surface area contributed by atoms with Gasteiger partial charge in [-0.05, 0) is 52.8 Å². The average Bonchev–Trinajstić information content (AvgIpc) is 2.70. The van der Waals surface area contributed by atoms with Gasteiger partial charge in [0.15, 0.2) is 0 Å². The molecule has 1 aromatic heterocycles. The van der Waals surface area contributed by atoms with Crippen LogP contribution in [0.5, 0.6) is 0 Å². The first-order valence-electron chi connectivity index (χ1n) is 6.03. The maximum Gasteiger partial charge on any atom is 0.0486 e. The Morgan fingerprint density at radius 1 is 1.00 bits per heavy atom. The summed E-state index contributed by atoms with van der Waals surface area (Å²) < 4.78 is 3.66. The Labute approximate surface area is 121 Å². The quantitative estimate of drug-likeness (QED) is 0.597. The van der Waals surface area contributed by atoms with E-state index < -0.39 is 0 Å². The normalized spacial score (nSPS) is 11.0. The third-order valence-corrected chi connectivity index (χ3v) is 4.34. The molecule has 0 aliphatic rings. The largest absolute Gasteiger partial charge is 0.343 e. The van der Waals surface area contributed by atoms with Gasteiger partial charge in [0.1, 0.15) is 0 Å². The van der Waals surface area contributed by atoms with Crippen LogP contribution >= 0.6 is 22.6 Å². The Kier molecular flexibility index (Phi) is 3.12. The minimum atomic E-state index is 0.938. The highest BCUT2D eigenvalue weighted by atomic mass is 127. The zero-order valence-electron chi connectivity index (χ0n) is 10.2. The first-order chi connectivity index (χ1) is 8.75. The van der Waals surface area contributed by atoms with Crippen LogP contribution < -0.4 is 0 Å². The lowest BCUT2D eigenvalue weighted by atomic mass is 10.2. The van der Waals surface area contributed by atoms with Crippen LogP contribution in [0.1, 0.15) is 11.1 Å². The minimum Gasteiger partial charge on any atom is -0.343 e. The standard InChI is InChI=1S/C16H14IN/c1-12-10-18(16-9-5-3-7-14(12)16)11-13-6-2-4-8-15(13)17/h2-10H,11H2,1H3. The van der Waals surface area contributed by atoms with Gasteiger partial charge in [-0.25, -0.2) is 0 Å². The molecule has 0 saturated heterocycles. The summed E-state index contributed by atoms with van der Waals surface area (Å²) in [5, 5.41) is 1.35. The summed E-state index contributed by atoms with van der Waals surface area (Å²) in [6.07, 6.45) is 2.24. The van der Waals surface area contributed by atoms with Gasteiger partial charge in [-0.15, -0.1) is 0 Å². The highest BCUT2D eigenvalue weighted by molar-refractivity contribution is 14.1. The predicted molar refractivity (Wildman–Crippen MR) is 84.9 cm³/mol. The van der Waals surface area contributed by atoms with Crippen LogP contribution in [0, 0.1) is 10.5 Å². The summed E-state index contributed by atoms with van der Waals surface area (Å²) in [6, 6.07) is 17.1. The lowest BCUT2D eigenvalue weighted by molar-refractivity contribution is 0.830. The Morgan fingerprint density at radius 3 is 2.56 bits per heavy atom. The molecule has 3 aromatic rings.